The van der Waals surface area contributed by atoms with E-state index >= 15 is 0 Å². The highest BCUT2D eigenvalue weighted by molar-refractivity contribution is 9.11. The van der Waals surface area contributed by atoms with E-state index in [4.69, 9.17) is 0 Å². The van der Waals surface area contributed by atoms with Gasteiger partial charge in [-0.1, -0.05) is 12.2 Å². The largest absolute Gasteiger partial charge is 0.356 e. The summed E-state index contributed by atoms with van der Waals surface area (Å²) in [5.41, 5.74) is 0. The van der Waals surface area contributed by atoms with Crippen LogP contribution < -0.4 is 5.32 Å². The molecule has 0 aromatic carbocycles. The molecule has 1 N–H and O–H groups in total. The summed E-state index contributed by atoms with van der Waals surface area (Å²) in [6.07, 6.45) is 7.50. The molecule has 4 heteroatoms. The van der Waals surface area contributed by atoms with Gasteiger partial charge in [-0.15, -0.1) is 11.3 Å². The van der Waals surface area contributed by atoms with E-state index in [-0.39, 0.29) is 5.91 Å². The number of hydrogen-bond donors (Lipinski definition) is 1. The summed E-state index contributed by atoms with van der Waals surface area (Å²) in [5, 5.41) is 2.91. The number of carbonyl (C=O) groups excluding carboxylic acids is 1. The van der Waals surface area contributed by atoms with E-state index in [1.165, 1.54) is 4.88 Å². The number of aryl methyl sites for hydroxylation is 1. The van der Waals surface area contributed by atoms with E-state index in [1.54, 1.807) is 11.3 Å². The lowest BCUT2D eigenvalue weighted by molar-refractivity contribution is -0.121. The Kier molecular flexibility index (Phi) is 7.21. The summed E-state index contributed by atoms with van der Waals surface area (Å²) in [7, 11) is 0. The molecule has 0 aliphatic heterocycles. The van der Waals surface area contributed by atoms with Crippen LogP contribution in [0.3, 0.4) is 0 Å². The van der Waals surface area contributed by atoms with Gasteiger partial charge in [-0.3, -0.25) is 4.79 Å². The van der Waals surface area contributed by atoms with Crippen LogP contribution in [0.2, 0.25) is 0 Å². The van der Waals surface area contributed by atoms with Gasteiger partial charge in [-0.2, -0.15) is 0 Å². The van der Waals surface area contributed by atoms with Crippen LogP contribution in [-0.2, 0) is 11.2 Å². The Morgan fingerprint density at radius 2 is 2.35 bits per heavy atom. The van der Waals surface area contributed by atoms with Gasteiger partial charge in [0, 0.05) is 17.8 Å². The van der Waals surface area contributed by atoms with Crippen molar-refractivity contribution in [1.29, 1.82) is 0 Å². The molecule has 0 atom stereocenters. The second-order valence-electron chi connectivity index (χ2n) is 3.77. The monoisotopic (exact) mass is 315 g/mol. The van der Waals surface area contributed by atoms with Crippen LogP contribution in [0, 0.1) is 0 Å². The topological polar surface area (TPSA) is 29.1 Å². The van der Waals surface area contributed by atoms with E-state index in [1.807, 2.05) is 13.0 Å². The SMILES string of the molecule is C/C=C/CCNC(=O)CCCc1ccc(Br)s1. The smallest absolute Gasteiger partial charge is 0.220 e. The second-order valence-corrected chi connectivity index (χ2v) is 6.31. The average Bonchev–Trinajstić information content (AvgIpc) is 2.71. The number of carbonyl (C=O) groups is 1. The zero-order valence-corrected chi connectivity index (χ0v) is 12.4. The Labute approximate surface area is 115 Å². The predicted octanol–water partition coefficient (Wildman–Crippen LogP) is 3.92. The molecule has 1 aromatic rings. The molecule has 0 bridgehead atoms. The van der Waals surface area contributed by atoms with Gasteiger partial charge in [0.05, 0.1) is 3.79 Å². The first-order valence-electron chi connectivity index (χ1n) is 5.84. The average molecular weight is 316 g/mol. The number of thiophene rings is 1. The zero-order valence-electron chi connectivity index (χ0n) is 10.0. The van der Waals surface area contributed by atoms with Crippen molar-refractivity contribution in [1.82, 2.24) is 5.32 Å². The maximum atomic E-state index is 11.5. The third-order valence-corrected chi connectivity index (χ3v) is 4.01. The molecule has 1 amide bonds. The minimum atomic E-state index is 0.158. The molecule has 2 nitrogen and oxygen atoms in total. The van der Waals surface area contributed by atoms with Crippen molar-refractivity contribution in [3.8, 4) is 0 Å². The molecule has 1 aromatic heterocycles. The summed E-state index contributed by atoms with van der Waals surface area (Å²) in [4.78, 5) is 12.8. The van der Waals surface area contributed by atoms with Gasteiger partial charge >= 0.3 is 0 Å². The van der Waals surface area contributed by atoms with Crippen LogP contribution in [0.5, 0.6) is 0 Å². The zero-order chi connectivity index (χ0) is 12.5. The lowest BCUT2D eigenvalue weighted by atomic mass is 10.2. The molecule has 0 fully saturated rings. The van der Waals surface area contributed by atoms with E-state index in [0.717, 1.165) is 29.6 Å². The Hall–Kier alpha value is -0.610. The molecule has 0 saturated carbocycles. The van der Waals surface area contributed by atoms with Crippen molar-refractivity contribution in [2.45, 2.75) is 32.6 Å². The highest BCUT2D eigenvalue weighted by Gasteiger charge is 2.02. The maximum Gasteiger partial charge on any atom is 0.220 e. The van der Waals surface area contributed by atoms with Gasteiger partial charge in [0.1, 0.15) is 0 Å². The van der Waals surface area contributed by atoms with Crippen molar-refractivity contribution in [3.63, 3.8) is 0 Å². The van der Waals surface area contributed by atoms with Gasteiger partial charge < -0.3 is 5.32 Å². The first kappa shape index (κ1) is 14.5. The van der Waals surface area contributed by atoms with Crippen LogP contribution in [0.25, 0.3) is 0 Å². The van der Waals surface area contributed by atoms with Gasteiger partial charge in [-0.25, -0.2) is 0 Å². The fraction of sp³-hybridized carbons (Fsp3) is 0.462. The summed E-state index contributed by atoms with van der Waals surface area (Å²) >= 11 is 5.17. The second kappa shape index (κ2) is 8.48. The van der Waals surface area contributed by atoms with Crippen molar-refractivity contribution in [3.05, 3.63) is 32.9 Å². The van der Waals surface area contributed by atoms with E-state index in [0.29, 0.717) is 6.42 Å². The molecule has 0 spiro atoms. The van der Waals surface area contributed by atoms with E-state index in [9.17, 15) is 4.79 Å². The number of rotatable bonds is 7. The molecule has 1 rings (SSSR count). The number of hydrogen-bond acceptors (Lipinski definition) is 2. The van der Waals surface area contributed by atoms with Crippen LogP contribution in [-0.4, -0.2) is 12.5 Å². The molecule has 94 valence electrons. The van der Waals surface area contributed by atoms with Crippen LogP contribution in [0.4, 0.5) is 0 Å². The standard InChI is InChI=1S/C13H18BrNOS/c1-2-3-4-10-15-13(16)7-5-6-11-8-9-12(14)17-11/h2-3,8-9H,4-7,10H2,1H3,(H,15,16)/b3-2+. The number of amides is 1. The molecule has 0 radical (unpaired) electrons. The van der Waals surface area contributed by atoms with Crippen molar-refractivity contribution < 1.29 is 4.79 Å². The van der Waals surface area contributed by atoms with Gasteiger partial charge in [0.15, 0.2) is 0 Å². The lowest BCUT2D eigenvalue weighted by Crippen LogP contribution is -2.23. The minimum Gasteiger partial charge on any atom is -0.356 e. The minimum absolute atomic E-state index is 0.158. The number of halogens is 1. The Balaban J connectivity index is 2.08. The molecule has 0 aliphatic rings. The Morgan fingerprint density at radius 3 is 3.00 bits per heavy atom. The Bertz CT molecular complexity index is 373. The molecular weight excluding hydrogens is 298 g/mol. The van der Waals surface area contributed by atoms with Crippen LogP contribution >= 0.6 is 27.3 Å². The number of nitrogens with one attached hydrogen (secondary N) is 1. The molecule has 0 saturated heterocycles. The van der Waals surface area contributed by atoms with Crippen molar-refractivity contribution >= 4 is 33.2 Å². The maximum absolute atomic E-state index is 11.5. The summed E-state index contributed by atoms with van der Waals surface area (Å²) in [6, 6.07) is 4.16. The van der Waals surface area contributed by atoms with Crippen LogP contribution in [0.15, 0.2) is 28.1 Å². The van der Waals surface area contributed by atoms with Crippen molar-refractivity contribution in [2.75, 3.05) is 6.54 Å². The summed E-state index contributed by atoms with van der Waals surface area (Å²) in [5.74, 6) is 0.158. The number of allylic oxidation sites excluding steroid dienone is 1. The fourth-order valence-electron chi connectivity index (χ4n) is 1.46. The molecular formula is C13H18BrNOS. The Morgan fingerprint density at radius 1 is 1.53 bits per heavy atom. The highest BCUT2D eigenvalue weighted by Crippen LogP contribution is 2.23. The van der Waals surface area contributed by atoms with Gasteiger partial charge in [0.25, 0.3) is 0 Å². The molecule has 17 heavy (non-hydrogen) atoms. The van der Waals surface area contributed by atoms with E-state index in [2.05, 4.69) is 39.5 Å². The van der Waals surface area contributed by atoms with E-state index < -0.39 is 0 Å². The van der Waals surface area contributed by atoms with Gasteiger partial charge in [-0.05, 0) is 54.2 Å². The van der Waals surface area contributed by atoms with Crippen LogP contribution in [0.1, 0.15) is 31.1 Å². The third kappa shape index (κ3) is 6.64. The molecule has 0 aliphatic carbocycles. The normalized spacial score (nSPS) is 10.9. The first-order chi connectivity index (χ1) is 8.22. The van der Waals surface area contributed by atoms with Crippen molar-refractivity contribution in [2.24, 2.45) is 0 Å². The summed E-state index contributed by atoms with van der Waals surface area (Å²) < 4.78 is 1.16. The lowest BCUT2D eigenvalue weighted by Gasteiger charge is -2.02. The predicted molar refractivity (Wildman–Crippen MR) is 77.4 cm³/mol. The first-order valence-corrected chi connectivity index (χ1v) is 7.45. The van der Waals surface area contributed by atoms with Gasteiger partial charge in [0.2, 0.25) is 5.91 Å². The summed E-state index contributed by atoms with van der Waals surface area (Å²) in [6.45, 7) is 2.73. The molecule has 1 heterocycles. The fourth-order valence-corrected chi connectivity index (χ4v) is 2.98. The quantitative estimate of drug-likeness (QED) is 0.599. The molecule has 0 unspecified atom stereocenters. The highest BCUT2D eigenvalue weighted by atomic mass is 79.9. The third-order valence-electron chi connectivity index (χ3n) is 2.32.